The van der Waals surface area contributed by atoms with Crippen LogP contribution in [-0.4, -0.2) is 34.0 Å². The Morgan fingerprint density at radius 2 is 1.90 bits per heavy atom. The van der Waals surface area contributed by atoms with Gasteiger partial charge in [0.25, 0.3) is 0 Å². The lowest BCUT2D eigenvalue weighted by Crippen LogP contribution is -2.39. The minimum absolute atomic E-state index is 0.0640. The van der Waals surface area contributed by atoms with Crippen molar-refractivity contribution in [2.24, 2.45) is 7.05 Å². The third-order valence-corrected chi connectivity index (χ3v) is 6.70. The highest BCUT2D eigenvalue weighted by molar-refractivity contribution is 7.89. The van der Waals surface area contributed by atoms with E-state index < -0.39 is 10.0 Å². The molecule has 0 amide bonds. The second kappa shape index (κ2) is 7.92. The number of nitrogens with one attached hydrogen (secondary N) is 2. The molecule has 3 aromatic rings. The van der Waals surface area contributed by atoms with E-state index in [0.29, 0.717) is 11.6 Å². The van der Waals surface area contributed by atoms with Crippen molar-refractivity contribution in [1.82, 2.24) is 24.2 Å². The summed E-state index contributed by atoms with van der Waals surface area (Å²) in [5, 5.41) is 3.13. The number of hydrogen-bond acceptors (Lipinski definition) is 6. The standard InChI is InChI=1S/C20H24N6O2S/c1-3-19-22-13-18(26(19)2)17-11-12-21-20(24-17)23-14-7-9-16(10-8-14)29(27,28)25-15-5-4-6-15/h7-13,15,25H,3-6H2,1-2H3,(H,21,23,24). The van der Waals surface area contributed by atoms with Gasteiger partial charge in [0.1, 0.15) is 5.82 Å². The van der Waals surface area contributed by atoms with E-state index in [4.69, 9.17) is 0 Å². The molecule has 29 heavy (non-hydrogen) atoms. The van der Waals surface area contributed by atoms with E-state index in [0.717, 1.165) is 42.9 Å². The summed E-state index contributed by atoms with van der Waals surface area (Å²) in [6.45, 7) is 2.06. The molecule has 0 radical (unpaired) electrons. The minimum atomic E-state index is -3.48. The summed E-state index contributed by atoms with van der Waals surface area (Å²) in [6, 6.07) is 8.50. The van der Waals surface area contributed by atoms with Crippen LogP contribution in [0.15, 0.2) is 47.6 Å². The number of nitrogens with zero attached hydrogens (tertiary/aromatic N) is 4. The van der Waals surface area contributed by atoms with E-state index in [2.05, 4.69) is 31.9 Å². The smallest absolute Gasteiger partial charge is 0.240 e. The number of hydrogen-bond donors (Lipinski definition) is 2. The van der Waals surface area contributed by atoms with Crippen LogP contribution in [0, 0.1) is 0 Å². The van der Waals surface area contributed by atoms with E-state index in [1.807, 2.05) is 17.7 Å². The molecule has 2 heterocycles. The largest absolute Gasteiger partial charge is 0.330 e. The molecule has 1 aliphatic carbocycles. The first kappa shape index (κ1) is 19.5. The van der Waals surface area contributed by atoms with Crippen molar-refractivity contribution in [3.63, 3.8) is 0 Å². The molecule has 0 unspecified atom stereocenters. The number of aryl methyl sites for hydroxylation is 1. The van der Waals surface area contributed by atoms with E-state index in [9.17, 15) is 8.42 Å². The zero-order chi connectivity index (χ0) is 20.4. The molecule has 4 rings (SSSR count). The number of anilines is 2. The van der Waals surface area contributed by atoms with E-state index >= 15 is 0 Å². The molecule has 152 valence electrons. The fourth-order valence-corrected chi connectivity index (χ4v) is 4.54. The molecule has 0 atom stereocenters. The van der Waals surface area contributed by atoms with Crippen LogP contribution in [0.5, 0.6) is 0 Å². The van der Waals surface area contributed by atoms with Gasteiger partial charge in [-0.05, 0) is 43.2 Å². The monoisotopic (exact) mass is 412 g/mol. The van der Waals surface area contributed by atoms with Gasteiger partial charge in [-0.2, -0.15) is 0 Å². The summed E-state index contributed by atoms with van der Waals surface area (Å²) in [6.07, 6.45) is 7.22. The number of aromatic nitrogens is 4. The molecule has 2 aromatic heterocycles. The van der Waals surface area contributed by atoms with Crippen molar-refractivity contribution in [1.29, 1.82) is 0 Å². The van der Waals surface area contributed by atoms with Crippen LogP contribution in [0.4, 0.5) is 11.6 Å². The second-order valence-corrected chi connectivity index (χ2v) is 8.85. The fourth-order valence-electron chi connectivity index (χ4n) is 3.24. The highest BCUT2D eigenvalue weighted by atomic mass is 32.2. The quantitative estimate of drug-likeness (QED) is 0.618. The summed E-state index contributed by atoms with van der Waals surface area (Å²) >= 11 is 0. The van der Waals surface area contributed by atoms with Gasteiger partial charge < -0.3 is 9.88 Å². The number of rotatable bonds is 7. The van der Waals surface area contributed by atoms with Gasteiger partial charge >= 0.3 is 0 Å². The topological polar surface area (TPSA) is 102 Å². The summed E-state index contributed by atoms with van der Waals surface area (Å²) in [5.41, 5.74) is 2.39. The fraction of sp³-hybridized carbons (Fsp3) is 0.350. The van der Waals surface area contributed by atoms with Gasteiger partial charge in [-0.15, -0.1) is 0 Å². The average molecular weight is 413 g/mol. The molecule has 1 aliphatic rings. The molecule has 1 saturated carbocycles. The van der Waals surface area contributed by atoms with Crippen LogP contribution < -0.4 is 10.0 Å². The number of benzene rings is 1. The average Bonchev–Trinajstić information content (AvgIpc) is 3.06. The number of sulfonamides is 1. The first-order valence-electron chi connectivity index (χ1n) is 9.69. The predicted molar refractivity (Wildman–Crippen MR) is 111 cm³/mol. The molecule has 1 aromatic carbocycles. The Bertz CT molecular complexity index is 1100. The van der Waals surface area contributed by atoms with Crippen molar-refractivity contribution in [2.75, 3.05) is 5.32 Å². The molecule has 0 spiro atoms. The lowest BCUT2D eigenvalue weighted by Gasteiger charge is -2.26. The SMILES string of the molecule is CCc1ncc(-c2ccnc(Nc3ccc(S(=O)(=O)NC4CCC4)cc3)n2)n1C. The van der Waals surface area contributed by atoms with Gasteiger partial charge in [-0.1, -0.05) is 13.3 Å². The maximum absolute atomic E-state index is 12.4. The Morgan fingerprint density at radius 3 is 2.52 bits per heavy atom. The first-order valence-corrected chi connectivity index (χ1v) is 11.2. The van der Waals surface area contributed by atoms with Crippen molar-refractivity contribution < 1.29 is 8.42 Å². The van der Waals surface area contributed by atoms with Crippen LogP contribution in [0.2, 0.25) is 0 Å². The van der Waals surface area contributed by atoms with Gasteiger partial charge in [-0.3, -0.25) is 0 Å². The number of imidazole rings is 1. The van der Waals surface area contributed by atoms with E-state index in [-0.39, 0.29) is 10.9 Å². The third-order valence-electron chi connectivity index (χ3n) is 5.17. The summed E-state index contributed by atoms with van der Waals surface area (Å²) in [4.78, 5) is 13.5. The lowest BCUT2D eigenvalue weighted by molar-refractivity contribution is 0.383. The van der Waals surface area contributed by atoms with Crippen LogP contribution >= 0.6 is 0 Å². The van der Waals surface area contributed by atoms with Crippen molar-refractivity contribution in [3.05, 3.63) is 48.5 Å². The van der Waals surface area contributed by atoms with Crippen LogP contribution in [0.1, 0.15) is 32.0 Å². The Labute approximate surface area is 170 Å². The Kier molecular flexibility index (Phi) is 5.33. The maximum atomic E-state index is 12.4. The van der Waals surface area contributed by atoms with Crippen molar-refractivity contribution >= 4 is 21.7 Å². The molecular formula is C20H24N6O2S. The Morgan fingerprint density at radius 1 is 1.14 bits per heavy atom. The molecule has 1 fully saturated rings. The summed E-state index contributed by atoms with van der Waals surface area (Å²) < 4.78 is 29.6. The highest BCUT2D eigenvalue weighted by Crippen LogP contribution is 2.23. The molecule has 9 heteroatoms. The van der Waals surface area contributed by atoms with Gasteiger partial charge in [0.05, 0.1) is 22.5 Å². The van der Waals surface area contributed by atoms with E-state index in [1.165, 1.54) is 0 Å². The molecule has 0 bridgehead atoms. The normalized spacial score (nSPS) is 14.6. The van der Waals surface area contributed by atoms with E-state index in [1.54, 1.807) is 36.7 Å². The molecule has 0 saturated heterocycles. The third kappa shape index (κ3) is 4.15. The van der Waals surface area contributed by atoms with Crippen LogP contribution in [-0.2, 0) is 23.5 Å². The molecule has 8 nitrogen and oxygen atoms in total. The predicted octanol–water partition coefficient (Wildman–Crippen LogP) is 3.01. The summed E-state index contributed by atoms with van der Waals surface area (Å²) in [5.74, 6) is 1.42. The molecular weight excluding hydrogens is 388 g/mol. The highest BCUT2D eigenvalue weighted by Gasteiger charge is 2.24. The maximum Gasteiger partial charge on any atom is 0.240 e. The van der Waals surface area contributed by atoms with Gasteiger partial charge in [0.2, 0.25) is 16.0 Å². The summed E-state index contributed by atoms with van der Waals surface area (Å²) in [7, 11) is -1.51. The zero-order valence-electron chi connectivity index (χ0n) is 16.5. The first-order chi connectivity index (χ1) is 14.0. The Balaban J connectivity index is 1.50. The van der Waals surface area contributed by atoms with Crippen molar-refractivity contribution in [3.8, 4) is 11.4 Å². The minimum Gasteiger partial charge on any atom is -0.330 e. The van der Waals surface area contributed by atoms with Crippen LogP contribution in [0.3, 0.4) is 0 Å². The second-order valence-electron chi connectivity index (χ2n) is 7.14. The van der Waals surface area contributed by atoms with Crippen LogP contribution in [0.25, 0.3) is 11.4 Å². The Hall–Kier alpha value is -2.78. The molecule has 2 N–H and O–H groups in total. The molecule has 0 aliphatic heterocycles. The van der Waals surface area contributed by atoms with Crippen molar-refractivity contribution in [2.45, 2.75) is 43.5 Å². The van der Waals surface area contributed by atoms with Gasteiger partial charge in [0, 0.05) is 31.4 Å². The lowest BCUT2D eigenvalue weighted by atomic mass is 9.94. The van der Waals surface area contributed by atoms with Gasteiger partial charge in [-0.25, -0.2) is 28.1 Å². The van der Waals surface area contributed by atoms with Gasteiger partial charge in [0.15, 0.2) is 0 Å². The zero-order valence-corrected chi connectivity index (χ0v) is 17.3.